The van der Waals surface area contributed by atoms with Gasteiger partial charge in [-0.05, 0) is 71.8 Å². The van der Waals surface area contributed by atoms with Crippen molar-refractivity contribution < 1.29 is 33.6 Å². The van der Waals surface area contributed by atoms with Crippen LogP contribution in [0.4, 0.5) is 11.4 Å². The first-order chi connectivity index (χ1) is 20.8. The van der Waals surface area contributed by atoms with E-state index in [1.54, 1.807) is 36.4 Å². The molecule has 4 rings (SSSR count). The Labute approximate surface area is 257 Å². The number of hydrogen-bond acceptors (Lipinski definition) is 7. The summed E-state index contributed by atoms with van der Waals surface area (Å²) in [7, 11) is 3.10. The van der Waals surface area contributed by atoms with E-state index in [0.29, 0.717) is 5.56 Å². The second-order valence-electron chi connectivity index (χ2n) is 9.96. The number of phenolic OH excluding ortho intramolecular Hbond substituents is 1. The molecule has 10 heteroatoms. The summed E-state index contributed by atoms with van der Waals surface area (Å²) in [5, 5.41) is 9.62. The lowest BCUT2D eigenvalue weighted by molar-refractivity contribution is 0.103. The Morgan fingerprint density at radius 1 is 0.636 bits per heavy atom. The van der Waals surface area contributed by atoms with E-state index >= 15 is 0 Å². The zero-order valence-corrected chi connectivity index (χ0v) is 25.8. The molecule has 0 aromatic heterocycles. The summed E-state index contributed by atoms with van der Waals surface area (Å²) in [4.78, 5) is 46.0. The molecule has 0 aliphatic carbocycles. The predicted molar refractivity (Wildman–Crippen MR) is 175 cm³/mol. The number of anilines is 2. The fraction of sp³-hybridized carbons (Fsp3) is 0.118. The summed E-state index contributed by atoms with van der Waals surface area (Å²) in [6, 6.07) is 27.9. The highest BCUT2D eigenvalue weighted by Gasteiger charge is 2.20. The number of allylic oxidation sites excluding steroid dienone is 2. The van der Waals surface area contributed by atoms with Crippen LogP contribution in [-0.2, 0) is 4.57 Å². The number of aromatic hydroxyl groups is 1. The van der Waals surface area contributed by atoms with Crippen LogP contribution in [-0.4, -0.2) is 54.7 Å². The van der Waals surface area contributed by atoms with Crippen molar-refractivity contribution in [1.29, 1.82) is 0 Å². The molecule has 0 aliphatic heterocycles. The van der Waals surface area contributed by atoms with Crippen LogP contribution in [0.15, 0.2) is 109 Å². The predicted octanol–water partition coefficient (Wildman–Crippen LogP) is 6.47. The quantitative estimate of drug-likeness (QED) is 0.105. The van der Waals surface area contributed by atoms with Crippen molar-refractivity contribution in [1.82, 2.24) is 0 Å². The summed E-state index contributed by atoms with van der Waals surface area (Å²) in [6.07, 6.45) is 6.19. The number of carbonyl (C=O) groups is 2. The summed E-state index contributed by atoms with van der Waals surface area (Å²) in [6.45, 7) is 0. The Morgan fingerprint density at radius 2 is 1.05 bits per heavy atom. The summed E-state index contributed by atoms with van der Waals surface area (Å²) >= 11 is 0. The maximum Gasteiger partial charge on any atom is 0.524 e. The first kappa shape index (κ1) is 33.6. The van der Waals surface area contributed by atoms with Crippen LogP contribution in [0, 0.1) is 0 Å². The second kappa shape index (κ2) is 15.5. The van der Waals surface area contributed by atoms with Crippen LogP contribution in [0.3, 0.4) is 0 Å². The van der Waals surface area contributed by atoms with Crippen molar-refractivity contribution in [3.8, 4) is 11.5 Å². The maximum absolute atomic E-state index is 12.3. The maximum atomic E-state index is 12.3. The van der Waals surface area contributed by atoms with Crippen LogP contribution < -0.4 is 14.3 Å². The van der Waals surface area contributed by atoms with Gasteiger partial charge in [0, 0.05) is 39.6 Å². The molecule has 3 N–H and O–H groups in total. The first-order valence-electron chi connectivity index (χ1n) is 13.5. The van der Waals surface area contributed by atoms with Crippen molar-refractivity contribution in [2.24, 2.45) is 0 Å². The van der Waals surface area contributed by atoms with Crippen LogP contribution >= 0.6 is 7.82 Å². The number of phosphoric acid groups is 1. The molecular formula is C34H35N2O7P. The number of nitrogens with zero attached hydrogens (tertiary/aromatic N) is 2. The van der Waals surface area contributed by atoms with Crippen LogP contribution in [0.5, 0.6) is 11.5 Å². The van der Waals surface area contributed by atoms with Gasteiger partial charge in [0.25, 0.3) is 0 Å². The van der Waals surface area contributed by atoms with Gasteiger partial charge in [0.15, 0.2) is 11.6 Å². The molecule has 0 saturated heterocycles. The zero-order chi connectivity index (χ0) is 32.3. The third-order valence-electron chi connectivity index (χ3n) is 6.21. The van der Waals surface area contributed by atoms with Crippen molar-refractivity contribution in [3.63, 3.8) is 0 Å². The van der Waals surface area contributed by atoms with Gasteiger partial charge in [0.1, 0.15) is 11.5 Å². The van der Waals surface area contributed by atoms with Gasteiger partial charge in [-0.1, -0.05) is 60.7 Å². The molecule has 4 aromatic rings. The van der Waals surface area contributed by atoms with Crippen LogP contribution in [0.1, 0.15) is 31.8 Å². The highest BCUT2D eigenvalue weighted by Crippen LogP contribution is 2.39. The van der Waals surface area contributed by atoms with Crippen molar-refractivity contribution >= 4 is 42.9 Å². The molecule has 0 atom stereocenters. The van der Waals surface area contributed by atoms with Crippen LogP contribution in [0.25, 0.3) is 12.2 Å². The smallest absolute Gasteiger partial charge is 0.507 e. The first-order valence-corrected chi connectivity index (χ1v) is 15.0. The number of ketones is 2. The monoisotopic (exact) mass is 614 g/mol. The van der Waals surface area contributed by atoms with E-state index in [4.69, 9.17) is 9.79 Å². The highest BCUT2D eigenvalue weighted by atomic mass is 31.2. The molecule has 0 aliphatic rings. The zero-order valence-electron chi connectivity index (χ0n) is 24.9. The lowest BCUT2D eigenvalue weighted by Gasteiger charge is -2.11. The standard InChI is InChI=1S/C17H18NO5P.C17H17NO2/c1-18(2)14-10-7-13(8-11-14)9-12-16(19)15-5-3-4-6-17(15)23-24(20,21)22;1-18(2)14-10-7-13(8-11-14)9-12-17(20)15-5-3-4-6-16(15)19/h3-12H,1-2H3,(H2,20,21,22);3-12,19H,1-2H3/b2*12-9+. The molecule has 0 spiro atoms. The van der Waals surface area contributed by atoms with E-state index in [2.05, 4.69) is 4.52 Å². The Morgan fingerprint density at radius 3 is 1.48 bits per heavy atom. The molecule has 44 heavy (non-hydrogen) atoms. The van der Waals surface area contributed by atoms with Crippen LogP contribution in [0.2, 0.25) is 0 Å². The molecule has 0 amide bonds. The van der Waals surface area contributed by atoms with E-state index < -0.39 is 13.6 Å². The Bertz CT molecular complexity index is 1670. The molecule has 0 radical (unpaired) electrons. The van der Waals surface area contributed by atoms with E-state index in [-0.39, 0.29) is 22.8 Å². The molecule has 9 nitrogen and oxygen atoms in total. The summed E-state index contributed by atoms with van der Waals surface area (Å²) in [5.74, 6) is -0.760. The lowest BCUT2D eigenvalue weighted by Crippen LogP contribution is -2.07. The van der Waals surface area contributed by atoms with Gasteiger partial charge in [-0.15, -0.1) is 0 Å². The molecule has 0 unspecified atom stereocenters. The number of hydrogen-bond donors (Lipinski definition) is 3. The average Bonchev–Trinajstić information content (AvgIpc) is 2.99. The van der Waals surface area contributed by atoms with Gasteiger partial charge in [-0.25, -0.2) is 4.57 Å². The van der Waals surface area contributed by atoms with Gasteiger partial charge >= 0.3 is 7.82 Å². The van der Waals surface area contributed by atoms with E-state index in [1.807, 2.05) is 86.5 Å². The molecule has 0 heterocycles. The lowest BCUT2D eigenvalue weighted by atomic mass is 10.1. The fourth-order valence-electron chi connectivity index (χ4n) is 3.85. The van der Waals surface area contributed by atoms with Gasteiger partial charge < -0.3 is 19.4 Å². The molecular weight excluding hydrogens is 579 g/mol. The van der Waals surface area contributed by atoms with Gasteiger partial charge in [0.2, 0.25) is 0 Å². The third kappa shape index (κ3) is 10.4. The summed E-state index contributed by atoms with van der Waals surface area (Å²) < 4.78 is 15.5. The number of para-hydroxylation sites is 2. The number of rotatable bonds is 10. The fourth-order valence-corrected chi connectivity index (χ4v) is 4.27. The second-order valence-corrected chi connectivity index (χ2v) is 11.1. The third-order valence-corrected chi connectivity index (χ3v) is 6.65. The minimum atomic E-state index is -4.73. The molecule has 228 valence electrons. The topological polar surface area (TPSA) is 128 Å². The van der Waals surface area contributed by atoms with Crippen molar-refractivity contribution in [3.05, 3.63) is 131 Å². The largest absolute Gasteiger partial charge is 0.524 e. The van der Waals surface area contributed by atoms with Gasteiger partial charge in [0.05, 0.1) is 11.1 Å². The van der Waals surface area contributed by atoms with Gasteiger partial charge in [-0.2, -0.15) is 0 Å². The van der Waals surface area contributed by atoms with Crippen molar-refractivity contribution in [2.75, 3.05) is 38.0 Å². The minimum Gasteiger partial charge on any atom is -0.507 e. The number of carbonyl (C=O) groups excluding carboxylic acids is 2. The summed E-state index contributed by atoms with van der Waals surface area (Å²) in [5.41, 5.74) is 4.32. The highest BCUT2D eigenvalue weighted by molar-refractivity contribution is 7.46. The minimum absolute atomic E-state index is 0.00473. The number of phosphoric ester groups is 1. The molecule has 4 aromatic carbocycles. The van der Waals surface area contributed by atoms with E-state index in [1.165, 1.54) is 36.4 Å². The molecule has 0 fully saturated rings. The average molecular weight is 615 g/mol. The Kier molecular flexibility index (Phi) is 11.8. The van der Waals surface area contributed by atoms with E-state index in [0.717, 1.165) is 22.5 Å². The number of phenols is 1. The normalized spacial score (nSPS) is 11.1. The van der Waals surface area contributed by atoms with Crippen molar-refractivity contribution in [2.45, 2.75) is 0 Å². The van der Waals surface area contributed by atoms with E-state index in [9.17, 15) is 19.3 Å². The Hall–Kier alpha value is -4.95. The molecule has 0 bridgehead atoms. The SMILES string of the molecule is CN(C)c1ccc(/C=C/C(=O)c2ccccc2O)cc1.CN(C)c1ccc(/C=C/C(=O)c2ccccc2OP(=O)(O)O)cc1. The molecule has 0 saturated carbocycles. The number of benzene rings is 4. The Balaban J connectivity index is 0.000000244. The van der Waals surface area contributed by atoms with Gasteiger partial charge in [-0.3, -0.25) is 19.4 Å².